The predicted octanol–water partition coefficient (Wildman–Crippen LogP) is 2.01. The van der Waals surface area contributed by atoms with Crippen molar-refractivity contribution in [1.29, 1.82) is 0 Å². The van der Waals surface area contributed by atoms with Crippen molar-refractivity contribution in [2.45, 2.75) is 56.3 Å². The molecule has 1 amide bonds. The molecule has 3 fully saturated rings. The van der Waals surface area contributed by atoms with Crippen LogP contribution >= 0.6 is 0 Å². The number of fused-ring (bicyclic) bond motifs is 1. The van der Waals surface area contributed by atoms with Crippen molar-refractivity contribution in [3.05, 3.63) is 54.4 Å². The SMILES string of the molecule is O=C1N2[C@@H](CC[C@H]2c2cnccn2)OC12CC(OCc1cccnc1)C2. The molecule has 134 valence electrons. The number of ether oxygens (including phenoxy) is 2. The van der Waals surface area contributed by atoms with Gasteiger partial charge in [0.15, 0.2) is 5.60 Å². The zero-order valence-corrected chi connectivity index (χ0v) is 14.3. The van der Waals surface area contributed by atoms with Gasteiger partial charge in [-0.05, 0) is 24.5 Å². The lowest BCUT2D eigenvalue weighted by atomic mass is 9.76. The van der Waals surface area contributed by atoms with E-state index in [1.54, 1.807) is 31.0 Å². The number of carbonyl (C=O) groups is 1. The van der Waals surface area contributed by atoms with Gasteiger partial charge >= 0.3 is 0 Å². The first-order valence-electron chi connectivity index (χ1n) is 9.02. The number of aromatic nitrogens is 3. The van der Waals surface area contributed by atoms with Crippen molar-refractivity contribution in [1.82, 2.24) is 19.9 Å². The molecule has 2 aromatic rings. The van der Waals surface area contributed by atoms with Gasteiger partial charge in [0.05, 0.1) is 30.6 Å². The van der Waals surface area contributed by atoms with E-state index in [0.717, 1.165) is 24.1 Å². The summed E-state index contributed by atoms with van der Waals surface area (Å²) in [5, 5.41) is 0. The van der Waals surface area contributed by atoms with E-state index in [1.807, 2.05) is 17.0 Å². The first-order valence-corrected chi connectivity index (χ1v) is 9.02. The van der Waals surface area contributed by atoms with Crippen LogP contribution in [0.25, 0.3) is 0 Å². The minimum atomic E-state index is -0.703. The highest BCUT2D eigenvalue weighted by Gasteiger charge is 2.63. The number of hydrogen-bond donors (Lipinski definition) is 0. The molecule has 2 aliphatic heterocycles. The van der Waals surface area contributed by atoms with Crippen LogP contribution in [0.3, 0.4) is 0 Å². The van der Waals surface area contributed by atoms with Crippen molar-refractivity contribution in [2.75, 3.05) is 0 Å². The molecule has 7 nitrogen and oxygen atoms in total. The van der Waals surface area contributed by atoms with Crippen molar-refractivity contribution >= 4 is 5.91 Å². The minimum absolute atomic E-state index is 0.0315. The van der Waals surface area contributed by atoms with Crippen LogP contribution in [0.5, 0.6) is 0 Å². The summed E-state index contributed by atoms with van der Waals surface area (Å²) in [6.07, 6.45) is 11.5. The molecule has 1 saturated carbocycles. The fraction of sp³-hybridized carbons (Fsp3) is 0.474. The van der Waals surface area contributed by atoms with E-state index in [-0.39, 0.29) is 24.3 Å². The molecule has 0 radical (unpaired) electrons. The van der Waals surface area contributed by atoms with Crippen molar-refractivity contribution in [3.8, 4) is 0 Å². The number of amides is 1. The van der Waals surface area contributed by atoms with Crippen molar-refractivity contribution < 1.29 is 14.3 Å². The fourth-order valence-electron chi connectivity index (χ4n) is 4.25. The number of hydrogen-bond acceptors (Lipinski definition) is 6. The van der Waals surface area contributed by atoms with Gasteiger partial charge in [-0.25, -0.2) is 0 Å². The van der Waals surface area contributed by atoms with Gasteiger partial charge in [-0.2, -0.15) is 0 Å². The Balaban J connectivity index is 1.24. The Labute approximate surface area is 151 Å². The standard InChI is InChI=1S/C19H20N4O3/c24-18-19(8-14(9-19)25-12-13-2-1-5-20-10-13)26-17-4-3-16(23(17)18)15-11-21-6-7-22-15/h1-2,5-7,10-11,14,16-17H,3-4,8-9,12H2/t14?,16-,17+,19?/m0/s1. The normalized spacial score (nSPS) is 32.7. The summed E-state index contributed by atoms with van der Waals surface area (Å²) in [6.45, 7) is 0.512. The summed E-state index contributed by atoms with van der Waals surface area (Å²) < 4.78 is 12.1. The predicted molar refractivity (Wildman–Crippen MR) is 90.5 cm³/mol. The molecule has 7 heteroatoms. The molecular formula is C19H20N4O3. The van der Waals surface area contributed by atoms with E-state index in [2.05, 4.69) is 15.0 Å². The second kappa shape index (κ2) is 6.10. The molecule has 0 unspecified atom stereocenters. The van der Waals surface area contributed by atoms with E-state index in [9.17, 15) is 4.79 Å². The Morgan fingerprint density at radius 2 is 2.08 bits per heavy atom. The Morgan fingerprint density at radius 3 is 2.85 bits per heavy atom. The third-order valence-corrected chi connectivity index (χ3v) is 5.57. The third-order valence-electron chi connectivity index (χ3n) is 5.57. The number of rotatable bonds is 4. The van der Waals surface area contributed by atoms with E-state index < -0.39 is 5.60 Å². The van der Waals surface area contributed by atoms with Crippen LogP contribution in [0.15, 0.2) is 43.1 Å². The molecule has 0 N–H and O–H groups in total. The molecule has 1 spiro atoms. The van der Waals surface area contributed by atoms with Crippen LogP contribution in [0.1, 0.15) is 43.0 Å². The average molecular weight is 352 g/mol. The molecule has 3 aliphatic rings. The molecule has 0 bridgehead atoms. The maximum atomic E-state index is 13.1. The molecule has 0 aromatic carbocycles. The summed E-state index contributed by atoms with van der Waals surface area (Å²) in [6, 6.07) is 3.85. The Morgan fingerprint density at radius 1 is 1.19 bits per heavy atom. The zero-order chi connectivity index (χ0) is 17.6. The lowest BCUT2D eigenvalue weighted by molar-refractivity contribution is -0.177. The second-order valence-electron chi connectivity index (χ2n) is 7.21. The lowest BCUT2D eigenvalue weighted by Crippen LogP contribution is -2.54. The zero-order valence-electron chi connectivity index (χ0n) is 14.3. The Kier molecular flexibility index (Phi) is 3.72. The largest absolute Gasteiger partial charge is 0.373 e. The topological polar surface area (TPSA) is 77.4 Å². The van der Waals surface area contributed by atoms with Gasteiger partial charge in [0.1, 0.15) is 6.23 Å². The number of pyridine rings is 1. The number of carbonyl (C=O) groups excluding carboxylic acids is 1. The number of nitrogens with zero attached hydrogens (tertiary/aromatic N) is 4. The highest BCUT2D eigenvalue weighted by Crippen LogP contribution is 2.51. The smallest absolute Gasteiger partial charge is 0.257 e. The summed E-state index contributed by atoms with van der Waals surface area (Å²) in [5.41, 5.74) is 1.17. The molecule has 2 atom stereocenters. The van der Waals surface area contributed by atoms with E-state index >= 15 is 0 Å². The van der Waals surface area contributed by atoms with Gasteiger partial charge in [0.2, 0.25) is 0 Å². The van der Waals surface area contributed by atoms with Crippen LogP contribution in [0.4, 0.5) is 0 Å². The summed E-state index contributed by atoms with van der Waals surface area (Å²) in [4.78, 5) is 27.6. The molecule has 2 saturated heterocycles. The summed E-state index contributed by atoms with van der Waals surface area (Å²) in [7, 11) is 0. The fourth-order valence-corrected chi connectivity index (χ4v) is 4.25. The van der Waals surface area contributed by atoms with Crippen LogP contribution in [-0.4, -0.2) is 43.7 Å². The maximum Gasteiger partial charge on any atom is 0.257 e. The first-order chi connectivity index (χ1) is 12.8. The van der Waals surface area contributed by atoms with E-state index in [0.29, 0.717) is 19.4 Å². The monoisotopic (exact) mass is 352 g/mol. The molecule has 5 rings (SSSR count). The highest BCUT2D eigenvalue weighted by molar-refractivity contribution is 5.89. The van der Waals surface area contributed by atoms with Gasteiger partial charge < -0.3 is 14.4 Å². The molecule has 26 heavy (non-hydrogen) atoms. The van der Waals surface area contributed by atoms with Gasteiger partial charge in [0.25, 0.3) is 5.91 Å². The maximum absolute atomic E-state index is 13.1. The van der Waals surface area contributed by atoms with Gasteiger partial charge in [0, 0.05) is 37.6 Å². The van der Waals surface area contributed by atoms with E-state index in [1.165, 1.54) is 0 Å². The third kappa shape index (κ3) is 2.50. The molecular weight excluding hydrogens is 332 g/mol. The van der Waals surface area contributed by atoms with Gasteiger partial charge in [-0.1, -0.05) is 6.07 Å². The van der Waals surface area contributed by atoms with Crippen LogP contribution < -0.4 is 0 Å². The summed E-state index contributed by atoms with van der Waals surface area (Å²) in [5.74, 6) is 0.0804. The minimum Gasteiger partial charge on any atom is -0.373 e. The molecule has 4 heterocycles. The van der Waals surface area contributed by atoms with Crippen molar-refractivity contribution in [3.63, 3.8) is 0 Å². The summed E-state index contributed by atoms with van der Waals surface area (Å²) >= 11 is 0. The first kappa shape index (κ1) is 15.8. The van der Waals surface area contributed by atoms with Crippen LogP contribution in [0.2, 0.25) is 0 Å². The Bertz CT molecular complexity index is 795. The van der Waals surface area contributed by atoms with Crippen molar-refractivity contribution in [2.24, 2.45) is 0 Å². The molecule has 1 aliphatic carbocycles. The van der Waals surface area contributed by atoms with Gasteiger partial charge in [-0.15, -0.1) is 0 Å². The quantitative estimate of drug-likeness (QED) is 0.838. The van der Waals surface area contributed by atoms with Crippen LogP contribution in [-0.2, 0) is 20.9 Å². The average Bonchev–Trinajstić information content (AvgIpc) is 3.19. The Hall–Kier alpha value is -2.38. The van der Waals surface area contributed by atoms with E-state index in [4.69, 9.17) is 9.47 Å². The highest BCUT2D eigenvalue weighted by atomic mass is 16.6. The van der Waals surface area contributed by atoms with Crippen LogP contribution in [0, 0.1) is 0 Å². The molecule has 2 aromatic heterocycles. The second-order valence-corrected chi connectivity index (χ2v) is 7.21. The lowest BCUT2D eigenvalue weighted by Gasteiger charge is -2.42. The van der Waals surface area contributed by atoms with Gasteiger partial charge in [-0.3, -0.25) is 19.7 Å².